The molecule has 21 heavy (non-hydrogen) atoms. The number of rotatable bonds is 4. The van der Waals surface area contributed by atoms with Gasteiger partial charge in [0.25, 0.3) is 0 Å². The van der Waals surface area contributed by atoms with E-state index >= 15 is 0 Å². The summed E-state index contributed by atoms with van der Waals surface area (Å²) in [4.78, 5) is 0. The van der Waals surface area contributed by atoms with Crippen molar-refractivity contribution in [2.24, 2.45) is 35.0 Å². The molecular formula is C20H35N. The summed E-state index contributed by atoms with van der Waals surface area (Å²) < 4.78 is 0. The second-order valence-electron chi connectivity index (χ2n) is 9.54. The molecule has 0 aliphatic heterocycles. The van der Waals surface area contributed by atoms with Gasteiger partial charge in [0, 0.05) is 6.04 Å². The van der Waals surface area contributed by atoms with Gasteiger partial charge in [-0.15, -0.1) is 0 Å². The standard InChI is InChI=1S/C20H35N/c1-14-3-5-16(6-4-14)13-21-15(2)20-10-17-7-18(11-20)9-19(8-17)12-20/h14-19,21H,3-13H2,1-2H3. The molecule has 0 heterocycles. The van der Waals surface area contributed by atoms with Gasteiger partial charge in [-0.25, -0.2) is 0 Å². The molecule has 5 aliphatic rings. The van der Waals surface area contributed by atoms with Crippen molar-refractivity contribution in [1.29, 1.82) is 0 Å². The van der Waals surface area contributed by atoms with E-state index < -0.39 is 0 Å². The maximum atomic E-state index is 4.02. The first-order valence-corrected chi connectivity index (χ1v) is 9.86. The molecule has 0 spiro atoms. The van der Waals surface area contributed by atoms with Crippen LogP contribution in [0.15, 0.2) is 0 Å². The van der Waals surface area contributed by atoms with E-state index in [0.29, 0.717) is 5.41 Å². The summed E-state index contributed by atoms with van der Waals surface area (Å²) in [5.74, 6) is 5.24. The first kappa shape index (κ1) is 14.5. The third kappa shape index (κ3) is 2.80. The van der Waals surface area contributed by atoms with E-state index in [1.165, 1.54) is 32.2 Å². The highest BCUT2D eigenvalue weighted by Gasteiger charge is 2.52. The Hall–Kier alpha value is -0.0400. The van der Waals surface area contributed by atoms with Crippen LogP contribution in [-0.2, 0) is 0 Å². The largest absolute Gasteiger partial charge is 0.313 e. The zero-order valence-corrected chi connectivity index (χ0v) is 14.2. The van der Waals surface area contributed by atoms with Crippen LogP contribution < -0.4 is 5.32 Å². The first-order chi connectivity index (χ1) is 10.1. The van der Waals surface area contributed by atoms with Crippen LogP contribution >= 0.6 is 0 Å². The zero-order chi connectivity index (χ0) is 14.4. The topological polar surface area (TPSA) is 12.0 Å². The van der Waals surface area contributed by atoms with Crippen LogP contribution in [0.5, 0.6) is 0 Å². The zero-order valence-electron chi connectivity index (χ0n) is 14.2. The van der Waals surface area contributed by atoms with Crippen LogP contribution in [0.1, 0.15) is 78.1 Å². The Bertz CT molecular complexity index is 331. The van der Waals surface area contributed by atoms with Crippen LogP contribution in [0.25, 0.3) is 0 Å². The molecular weight excluding hydrogens is 254 g/mol. The molecule has 5 saturated carbocycles. The summed E-state index contributed by atoms with van der Waals surface area (Å²) in [5.41, 5.74) is 0.691. The molecule has 1 atom stereocenters. The number of hydrogen-bond acceptors (Lipinski definition) is 1. The van der Waals surface area contributed by atoms with Crippen molar-refractivity contribution >= 4 is 0 Å². The second-order valence-corrected chi connectivity index (χ2v) is 9.54. The van der Waals surface area contributed by atoms with Crippen molar-refractivity contribution in [3.8, 4) is 0 Å². The van der Waals surface area contributed by atoms with E-state index in [4.69, 9.17) is 0 Å². The van der Waals surface area contributed by atoms with Crippen molar-refractivity contribution in [1.82, 2.24) is 5.32 Å². The fraction of sp³-hybridized carbons (Fsp3) is 1.00. The van der Waals surface area contributed by atoms with E-state index in [9.17, 15) is 0 Å². The predicted octanol–water partition coefficient (Wildman–Crippen LogP) is 5.01. The minimum atomic E-state index is 0.691. The smallest absolute Gasteiger partial charge is 0.00956 e. The van der Waals surface area contributed by atoms with Gasteiger partial charge in [0.1, 0.15) is 0 Å². The monoisotopic (exact) mass is 289 g/mol. The van der Waals surface area contributed by atoms with Crippen LogP contribution in [0.3, 0.4) is 0 Å². The van der Waals surface area contributed by atoms with Crippen LogP contribution in [0.2, 0.25) is 0 Å². The Balaban J connectivity index is 1.33. The Morgan fingerprint density at radius 2 is 1.43 bits per heavy atom. The maximum Gasteiger partial charge on any atom is 0.00956 e. The Kier molecular flexibility index (Phi) is 3.84. The summed E-state index contributed by atoms with van der Waals surface area (Å²) in [6.07, 6.45) is 15.3. The molecule has 120 valence electrons. The molecule has 0 saturated heterocycles. The van der Waals surface area contributed by atoms with Gasteiger partial charge in [-0.3, -0.25) is 0 Å². The van der Waals surface area contributed by atoms with E-state index in [1.807, 2.05) is 0 Å². The third-order valence-electron chi connectivity index (χ3n) is 7.85. The van der Waals surface area contributed by atoms with Gasteiger partial charge in [-0.1, -0.05) is 19.8 Å². The fourth-order valence-corrected chi connectivity index (χ4v) is 6.80. The van der Waals surface area contributed by atoms with Crippen molar-refractivity contribution in [2.45, 2.75) is 84.1 Å². The minimum Gasteiger partial charge on any atom is -0.313 e. The summed E-state index contributed by atoms with van der Waals surface area (Å²) in [7, 11) is 0. The van der Waals surface area contributed by atoms with E-state index in [2.05, 4.69) is 19.2 Å². The lowest BCUT2D eigenvalue weighted by Crippen LogP contribution is -2.55. The molecule has 4 bridgehead atoms. The molecule has 0 radical (unpaired) electrons. The quantitative estimate of drug-likeness (QED) is 0.767. The molecule has 0 aromatic rings. The summed E-state index contributed by atoms with van der Waals surface area (Å²) in [5, 5.41) is 4.02. The molecule has 0 aromatic heterocycles. The van der Waals surface area contributed by atoms with E-state index in [-0.39, 0.29) is 0 Å². The summed E-state index contributed by atoms with van der Waals surface area (Å²) >= 11 is 0. The average molecular weight is 290 g/mol. The first-order valence-electron chi connectivity index (χ1n) is 9.86. The lowest BCUT2D eigenvalue weighted by Gasteiger charge is -2.59. The second kappa shape index (κ2) is 5.55. The van der Waals surface area contributed by atoms with Gasteiger partial charge in [0.2, 0.25) is 0 Å². The maximum absolute atomic E-state index is 4.02. The molecule has 1 unspecified atom stereocenters. The summed E-state index contributed by atoms with van der Waals surface area (Å²) in [6.45, 7) is 6.26. The highest BCUT2D eigenvalue weighted by Crippen LogP contribution is 2.61. The van der Waals surface area contributed by atoms with Crippen LogP contribution in [0, 0.1) is 35.0 Å². The highest BCUT2D eigenvalue weighted by atomic mass is 14.9. The number of hydrogen-bond donors (Lipinski definition) is 1. The predicted molar refractivity (Wildman–Crippen MR) is 89.2 cm³/mol. The van der Waals surface area contributed by atoms with Crippen molar-refractivity contribution in [3.05, 3.63) is 0 Å². The van der Waals surface area contributed by atoms with Gasteiger partial charge >= 0.3 is 0 Å². The van der Waals surface area contributed by atoms with Gasteiger partial charge in [0.15, 0.2) is 0 Å². The lowest BCUT2D eigenvalue weighted by atomic mass is 9.48. The Morgan fingerprint density at radius 1 is 0.905 bits per heavy atom. The van der Waals surface area contributed by atoms with Gasteiger partial charge in [-0.05, 0) is 99.8 Å². The highest BCUT2D eigenvalue weighted by molar-refractivity contribution is 5.05. The normalized spacial score (nSPS) is 50.3. The van der Waals surface area contributed by atoms with Crippen LogP contribution in [-0.4, -0.2) is 12.6 Å². The molecule has 1 N–H and O–H groups in total. The van der Waals surface area contributed by atoms with Crippen molar-refractivity contribution in [3.63, 3.8) is 0 Å². The lowest BCUT2D eigenvalue weighted by molar-refractivity contribution is -0.0710. The van der Waals surface area contributed by atoms with E-state index in [1.54, 1.807) is 38.5 Å². The molecule has 5 rings (SSSR count). The van der Waals surface area contributed by atoms with Crippen molar-refractivity contribution in [2.75, 3.05) is 6.54 Å². The van der Waals surface area contributed by atoms with Gasteiger partial charge < -0.3 is 5.32 Å². The molecule has 1 heteroatoms. The molecule has 0 amide bonds. The van der Waals surface area contributed by atoms with Gasteiger partial charge in [0.05, 0.1) is 0 Å². The number of nitrogens with one attached hydrogen (secondary N) is 1. The molecule has 0 aromatic carbocycles. The molecule has 1 nitrogen and oxygen atoms in total. The van der Waals surface area contributed by atoms with Gasteiger partial charge in [-0.2, -0.15) is 0 Å². The summed E-state index contributed by atoms with van der Waals surface area (Å²) in [6, 6.07) is 0.769. The minimum absolute atomic E-state index is 0.691. The average Bonchev–Trinajstić information content (AvgIpc) is 2.45. The Labute approximate surface area is 131 Å². The van der Waals surface area contributed by atoms with E-state index in [0.717, 1.165) is 35.6 Å². The molecule has 5 fully saturated rings. The van der Waals surface area contributed by atoms with Crippen LogP contribution in [0.4, 0.5) is 0 Å². The fourth-order valence-electron chi connectivity index (χ4n) is 6.80. The van der Waals surface area contributed by atoms with Crippen molar-refractivity contribution < 1.29 is 0 Å². The SMILES string of the molecule is CC1CCC(CNC(C)C23CC4CC(CC(C4)C2)C3)CC1. The molecule has 5 aliphatic carbocycles. The third-order valence-corrected chi connectivity index (χ3v) is 7.85. The Morgan fingerprint density at radius 3 is 1.95 bits per heavy atom.